The van der Waals surface area contributed by atoms with Gasteiger partial charge in [0.25, 0.3) is 0 Å². The van der Waals surface area contributed by atoms with Gasteiger partial charge >= 0.3 is 0 Å². The highest BCUT2D eigenvalue weighted by Gasteiger charge is 2.14. The Morgan fingerprint density at radius 2 is 1.86 bits per heavy atom. The molecule has 0 heteroatoms. The largest absolute Gasteiger partial charge is 0.0999 e. The van der Waals surface area contributed by atoms with Crippen molar-refractivity contribution in [2.24, 2.45) is 5.92 Å². The van der Waals surface area contributed by atoms with Gasteiger partial charge in [-0.05, 0) is 56.4 Å². The van der Waals surface area contributed by atoms with Gasteiger partial charge in [0, 0.05) is 0 Å². The standard InChI is InChI=1S/C21H36/c1-5-7-8-9-10-13-19(4)21-15-12-11-14-20(17-21)16-18(3)6-2/h17,20H,3-16H2,1-2H3. The molecule has 0 radical (unpaired) electrons. The Labute approximate surface area is 133 Å². The molecule has 1 unspecified atom stereocenters. The average Bonchev–Trinajstić information content (AvgIpc) is 2.72. The summed E-state index contributed by atoms with van der Waals surface area (Å²) < 4.78 is 0. The van der Waals surface area contributed by atoms with E-state index in [1.54, 1.807) is 5.57 Å². The Morgan fingerprint density at radius 3 is 2.57 bits per heavy atom. The van der Waals surface area contributed by atoms with Gasteiger partial charge in [-0.1, -0.05) is 76.3 Å². The lowest BCUT2D eigenvalue weighted by molar-refractivity contribution is 0.553. The molecule has 21 heavy (non-hydrogen) atoms. The van der Waals surface area contributed by atoms with Gasteiger partial charge < -0.3 is 0 Å². The summed E-state index contributed by atoms with van der Waals surface area (Å²) in [5, 5.41) is 0. The summed E-state index contributed by atoms with van der Waals surface area (Å²) in [6.07, 6.45) is 18.2. The third-order valence-electron chi connectivity index (χ3n) is 4.80. The second-order valence-electron chi connectivity index (χ2n) is 6.77. The molecule has 1 atom stereocenters. The molecule has 1 aliphatic rings. The van der Waals surface area contributed by atoms with Crippen molar-refractivity contribution in [3.8, 4) is 0 Å². The Hall–Kier alpha value is -0.780. The smallest absolute Gasteiger partial charge is 0.0190 e. The molecule has 0 aromatic heterocycles. The lowest BCUT2D eigenvalue weighted by Gasteiger charge is -2.14. The Kier molecular flexibility index (Phi) is 9.46. The quantitative estimate of drug-likeness (QED) is 0.290. The maximum atomic E-state index is 4.38. The molecule has 0 aromatic rings. The first-order chi connectivity index (χ1) is 10.2. The molecule has 0 spiro atoms. The van der Waals surface area contributed by atoms with E-state index in [0.717, 1.165) is 6.42 Å². The van der Waals surface area contributed by atoms with Crippen molar-refractivity contribution in [1.29, 1.82) is 0 Å². The summed E-state index contributed by atoms with van der Waals surface area (Å²) in [7, 11) is 0. The Bertz CT molecular complexity index is 345. The van der Waals surface area contributed by atoms with Crippen LogP contribution in [0.4, 0.5) is 0 Å². The first kappa shape index (κ1) is 18.3. The minimum absolute atomic E-state index is 0.715. The van der Waals surface area contributed by atoms with E-state index in [0.29, 0.717) is 5.92 Å². The lowest BCUT2D eigenvalue weighted by atomic mass is 9.91. The second kappa shape index (κ2) is 10.9. The minimum atomic E-state index is 0.715. The van der Waals surface area contributed by atoms with E-state index in [1.165, 1.54) is 81.8 Å². The van der Waals surface area contributed by atoms with Crippen molar-refractivity contribution in [2.75, 3.05) is 0 Å². The zero-order valence-electron chi connectivity index (χ0n) is 14.6. The summed E-state index contributed by atoms with van der Waals surface area (Å²) in [5.41, 5.74) is 4.39. The predicted molar refractivity (Wildman–Crippen MR) is 96.6 cm³/mol. The van der Waals surface area contributed by atoms with Crippen molar-refractivity contribution < 1.29 is 0 Å². The molecule has 1 rings (SSSR count). The molecule has 0 bridgehead atoms. The normalized spacial score (nSPS) is 19.0. The van der Waals surface area contributed by atoms with Gasteiger partial charge in [-0.15, -0.1) is 0 Å². The fraction of sp³-hybridized carbons (Fsp3) is 0.714. The van der Waals surface area contributed by atoms with Crippen LogP contribution in [0.1, 0.15) is 90.9 Å². The summed E-state index contributed by atoms with van der Waals surface area (Å²) in [5.74, 6) is 0.715. The Morgan fingerprint density at radius 1 is 1.10 bits per heavy atom. The first-order valence-electron chi connectivity index (χ1n) is 9.22. The molecular formula is C21H36. The van der Waals surface area contributed by atoms with Crippen molar-refractivity contribution in [1.82, 2.24) is 0 Å². The average molecular weight is 289 g/mol. The third-order valence-corrected chi connectivity index (χ3v) is 4.80. The highest BCUT2D eigenvalue weighted by atomic mass is 14.2. The SMILES string of the molecule is C=C(CC)CC1C=C(C(=C)CCCCCCC)CCCC1. The topological polar surface area (TPSA) is 0 Å². The lowest BCUT2D eigenvalue weighted by Crippen LogP contribution is -1.98. The predicted octanol–water partition coefficient (Wildman–Crippen LogP) is 7.38. The van der Waals surface area contributed by atoms with Crippen LogP contribution in [0.5, 0.6) is 0 Å². The van der Waals surface area contributed by atoms with Crippen LogP contribution in [0.15, 0.2) is 36.0 Å². The van der Waals surface area contributed by atoms with E-state index in [-0.39, 0.29) is 0 Å². The van der Waals surface area contributed by atoms with Crippen molar-refractivity contribution in [3.63, 3.8) is 0 Å². The minimum Gasteiger partial charge on any atom is -0.0999 e. The van der Waals surface area contributed by atoms with Crippen LogP contribution >= 0.6 is 0 Å². The summed E-state index contributed by atoms with van der Waals surface area (Å²) >= 11 is 0. The van der Waals surface area contributed by atoms with Crippen LogP contribution in [0.3, 0.4) is 0 Å². The molecule has 0 N–H and O–H groups in total. The molecule has 0 heterocycles. The van der Waals surface area contributed by atoms with Gasteiger partial charge in [0.15, 0.2) is 0 Å². The van der Waals surface area contributed by atoms with E-state index in [4.69, 9.17) is 0 Å². The van der Waals surface area contributed by atoms with Crippen LogP contribution in [0.25, 0.3) is 0 Å². The molecule has 0 saturated carbocycles. The van der Waals surface area contributed by atoms with E-state index in [9.17, 15) is 0 Å². The molecule has 120 valence electrons. The van der Waals surface area contributed by atoms with Crippen molar-refractivity contribution in [3.05, 3.63) is 36.0 Å². The van der Waals surface area contributed by atoms with E-state index in [1.807, 2.05) is 0 Å². The zero-order chi connectivity index (χ0) is 15.5. The highest BCUT2D eigenvalue weighted by molar-refractivity contribution is 5.29. The van der Waals surface area contributed by atoms with Crippen LogP contribution in [0, 0.1) is 5.92 Å². The van der Waals surface area contributed by atoms with Gasteiger partial charge in [-0.25, -0.2) is 0 Å². The van der Waals surface area contributed by atoms with Gasteiger partial charge in [0.1, 0.15) is 0 Å². The van der Waals surface area contributed by atoms with Crippen LogP contribution in [0.2, 0.25) is 0 Å². The molecule has 1 aliphatic carbocycles. The summed E-state index contributed by atoms with van der Waals surface area (Å²) in [4.78, 5) is 0. The molecule has 0 aromatic carbocycles. The van der Waals surface area contributed by atoms with Crippen LogP contribution in [-0.2, 0) is 0 Å². The molecule has 0 saturated heterocycles. The third kappa shape index (κ3) is 7.69. The number of rotatable bonds is 10. The van der Waals surface area contributed by atoms with Gasteiger partial charge in [-0.2, -0.15) is 0 Å². The van der Waals surface area contributed by atoms with E-state index < -0.39 is 0 Å². The maximum absolute atomic E-state index is 4.38. The monoisotopic (exact) mass is 288 g/mol. The fourth-order valence-electron chi connectivity index (χ4n) is 3.25. The number of unbranched alkanes of at least 4 members (excludes halogenated alkanes) is 4. The van der Waals surface area contributed by atoms with Gasteiger partial charge in [0.2, 0.25) is 0 Å². The fourth-order valence-corrected chi connectivity index (χ4v) is 3.25. The molecular weight excluding hydrogens is 252 g/mol. The molecule has 0 fully saturated rings. The number of hydrogen-bond donors (Lipinski definition) is 0. The van der Waals surface area contributed by atoms with Crippen LogP contribution in [-0.4, -0.2) is 0 Å². The van der Waals surface area contributed by atoms with Crippen molar-refractivity contribution in [2.45, 2.75) is 90.9 Å². The molecule has 0 aliphatic heterocycles. The first-order valence-corrected chi connectivity index (χ1v) is 9.22. The maximum Gasteiger partial charge on any atom is -0.0190 e. The number of allylic oxidation sites excluding steroid dienone is 4. The van der Waals surface area contributed by atoms with E-state index >= 15 is 0 Å². The highest BCUT2D eigenvalue weighted by Crippen LogP contribution is 2.31. The van der Waals surface area contributed by atoms with Gasteiger partial charge in [-0.3, -0.25) is 0 Å². The zero-order valence-corrected chi connectivity index (χ0v) is 14.6. The van der Waals surface area contributed by atoms with E-state index in [2.05, 4.69) is 33.1 Å². The van der Waals surface area contributed by atoms with Crippen LogP contribution < -0.4 is 0 Å². The summed E-state index contributed by atoms with van der Waals surface area (Å²) in [6.45, 7) is 13.1. The van der Waals surface area contributed by atoms with Crippen molar-refractivity contribution >= 4 is 0 Å². The molecule has 0 nitrogen and oxygen atoms in total. The Balaban J connectivity index is 2.45. The van der Waals surface area contributed by atoms with Gasteiger partial charge in [0.05, 0.1) is 0 Å². The number of hydrogen-bond acceptors (Lipinski definition) is 0. The molecule has 0 amide bonds. The second-order valence-corrected chi connectivity index (χ2v) is 6.77. The summed E-state index contributed by atoms with van der Waals surface area (Å²) in [6, 6.07) is 0.